The van der Waals surface area contributed by atoms with Crippen LogP contribution in [0.25, 0.3) is 0 Å². The molecule has 0 aliphatic heterocycles. The molecule has 0 atom stereocenters. The van der Waals surface area contributed by atoms with Gasteiger partial charge in [0, 0.05) is 20.3 Å². The summed E-state index contributed by atoms with van der Waals surface area (Å²) in [5, 5.41) is 8.43. The van der Waals surface area contributed by atoms with Crippen LogP contribution >= 0.6 is 12.2 Å². The van der Waals surface area contributed by atoms with Crippen LogP contribution in [0, 0.1) is 11.3 Å². The second-order valence-electron chi connectivity index (χ2n) is 1.98. The predicted molar refractivity (Wildman–Crippen MR) is 44.2 cm³/mol. The maximum Gasteiger partial charge on any atom is 0.116 e. The Labute approximate surface area is 65.7 Å². The number of thiocarbonyl (C=S) groups is 1. The van der Waals surface area contributed by atoms with Crippen LogP contribution in [0.5, 0.6) is 0 Å². The first-order chi connectivity index (χ1) is 4.57. The van der Waals surface area contributed by atoms with Crippen LogP contribution in [0.2, 0.25) is 0 Å². The van der Waals surface area contributed by atoms with Gasteiger partial charge in [0.2, 0.25) is 0 Å². The van der Waals surface area contributed by atoms with Crippen molar-refractivity contribution in [3.8, 4) is 6.07 Å². The van der Waals surface area contributed by atoms with E-state index in [1.165, 1.54) is 0 Å². The van der Waals surface area contributed by atoms with Crippen molar-refractivity contribution >= 4 is 17.2 Å². The van der Waals surface area contributed by atoms with Crippen LogP contribution in [-0.4, -0.2) is 24.0 Å². The van der Waals surface area contributed by atoms with Crippen molar-refractivity contribution in [2.24, 2.45) is 5.73 Å². The van der Waals surface area contributed by atoms with Crippen molar-refractivity contribution in [1.29, 1.82) is 5.26 Å². The van der Waals surface area contributed by atoms with Crippen LogP contribution < -0.4 is 5.73 Å². The van der Waals surface area contributed by atoms with E-state index in [0.717, 1.165) is 0 Å². The summed E-state index contributed by atoms with van der Waals surface area (Å²) in [7, 11) is 3.60. The summed E-state index contributed by atoms with van der Waals surface area (Å²) in [5.74, 6) is 0. The Morgan fingerprint density at radius 2 is 2.20 bits per heavy atom. The molecular weight excluding hydrogens is 146 g/mol. The van der Waals surface area contributed by atoms with Crippen molar-refractivity contribution < 1.29 is 0 Å². The summed E-state index contributed by atoms with van der Waals surface area (Å²) in [6, 6.07) is 1.89. The van der Waals surface area contributed by atoms with E-state index in [-0.39, 0.29) is 4.99 Å². The van der Waals surface area contributed by atoms with Crippen molar-refractivity contribution in [2.45, 2.75) is 0 Å². The van der Waals surface area contributed by atoms with Crippen molar-refractivity contribution in [1.82, 2.24) is 4.90 Å². The Balaban J connectivity index is 4.39. The third-order valence-electron chi connectivity index (χ3n) is 0.773. The second-order valence-corrected chi connectivity index (χ2v) is 2.42. The molecule has 0 radical (unpaired) electrons. The molecule has 2 N–H and O–H groups in total. The van der Waals surface area contributed by atoms with Crippen LogP contribution in [0.1, 0.15) is 0 Å². The van der Waals surface area contributed by atoms with Gasteiger partial charge in [0.25, 0.3) is 0 Å². The first kappa shape index (κ1) is 8.92. The molecule has 0 aromatic rings. The smallest absolute Gasteiger partial charge is 0.116 e. The summed E-state index contributed by atoms with van der Waals surface area (Å²) in [6.07, 6.45) is 1.59. The minimum Gasteiger partial charge on any atom is -0.389 e. The summed E-state index contributed by atoms with van der Waals surface area (Å²) in [4.78, 5) is 1.86. The topological polar surface area (TPSA) is 53.0 Å². The zero-order valence-electron chi connectivity index (χ0n) is 5.96. The molecule has 0 saturated carbocycles. The average Bonchev–Trinajstić information content (AvgIpc) is 1.81. The van der Waals surface area contributed by atoms with Gasteiger partial charge in [0.15, 0.2) is 0 Å². The summed E-state index contributed by atoms with van der Waals surface area (Å²) < 4.78 is 0. The molecule has 0 aliphatic carbocycles. The molecule has 4 heteroatoms. The predicted octanol–water partition coefficient (Wildman–Crippen LogP) is 0.242. The van der Waals surface area contributed by atoms with Crippen LogP contribution in [0.15, 0.2) is 11.8 Å². The highest BCUT2D eigenvalue weighted by Crippen LogP contribution is 1.92. The average molecular weight is 155 g/mol. The first-order valence-electron chi connectivity index (χ1n) is 2.66. The SMILES string of the molecule is CN(C)/C=C(\C#N)C(N)=S. The van der Waals surface area contributed by atoms with Gasteiger partial charge in [-0.05, 0) is 0 Å². The molecule has 0 fully saturated rings. The Morgan fingerprint density at radius 3 is 2.30 bits per heavy atom. The van der Waals surface area contributed by atoms with Crippen LogP contribution in [-0.2, 0) is 0 Å². The number of hydrogen-bond acceptors (Lipinski definition) is 3. The molecule has 0 saturated heterocycles. The second kappa shape index (κ2) is 3.85. The molecule has 0 rings (SSSR count). The van der Waals surface area contributed by atoms with E-state index < -0.39 is 0 Å². The van der Waals surface area contributed by atoms with Gasteiger partial charge >= 0.3 is 0 Å². The minimum atomic E-state index is 0.135. The Morgan fingerprint density at radius 1 is 1.70 bits per heavy atom. The molecule has 0 aromatic heterocycles. The first-order valence-corrected chi connectivity index (χ1v) is 3.07. The zero-order valence-corrected chi connectivity index (χ0v) is 6.77. The zero-order chi connectivity index (χ0) is 8.15. The molecule has 0 heterocycles. The molecule has 0 aliphatic rings. The minimum absolute atomic E-state index is 0.135. The van der Waals surface area contributed by atoms with Crippen LogP contribution in [0.3, 0.4) is 0 Å². The molecule has 0 unspecified atom stereocenters. The van der Waals surface area contributed by atoms with Gasteiger partial charge in [-0.25, -0.2) is 0 Å². The largest absolute Gasteiger partial charge is 0.389 e. The lowest BCUT2D eigenvalue weighted by atomic mass is 10.3. The van der Waals surface area contributed by atoms with Crippen molar-refractivity contribution in [2.75, 3.05) is 14.1 Å². The van der Waals surface area contributed by atoms with Gasteiger partial charge in [0.05, 0.1) is 0 Å². The maximum atomic E-state index is 8.43. The molecular formula is C6H9N3S. The third kappa shape index (κ3) is 3.05. The van der Waals surface area contributed by atoms with E-state index in [9.17, 15) is 0 Å². The van der Waals surface area contributed by atoms with E-state index in [1.54, 1.807) is 25.2 Å². The maximum absolute atomic E-state index is 8.43. The van der Waals surface area contributed by atoms with E-state index in [0.29, 0.717) is 5.57 Å². The lowest BCUT2D eigenvalue weighted by Crippen LogP contribution is -2.13. The molecule has 0 aromatic carbocycles. The van der Waals surface area contributed by atoms with Crippen molar-refractivity contribution in [3.63, 3.8) is 0 Å². The fraction of sp³-hybridized carbons (Fsp3) is 0.333. The highest BCUT2D eigenvalue weighted by atomic mass is 32.1. The molecule has 3 nitrogen and oxygen atoms in total. The standard InChI is InChI=1S/C6H9N3S/c1-9(2)4-5(3-7)6(8)10/h4H,1-2H3,(H2,8,10)/b5-4+. The number of hydrogen-bond donors (Lipinski definition) is 1. The Kier molecular flexibility index (Phi) is 3.44. The van der Waals surface area contributed by atoms with E-state index in [1.807, 2.05) is 6.07 Å². The van der Waals surface area contributed by atoms with Gasteiger partial charge in [-0.2, -0.15) is 5.26 Å². The Bertz CT molecular complexity index is 200. The lowest BCUT2D eigenvalue weighted by Gasteiger charge is -2.04. The summed E-state index contributed by atoms with van der Waals surface area (Å²) >= 11 is 4.59. The van der Waals surface area contributed by atoms with E-state index in [4.69, 9.17) is 11.0 Å². The third-order valence-corrected chi connectivity index (χ3v) is 0.993. The lowest BCUT2D eigenvalue weighted by molar-refractivity contribution is 0.562. The van der Waals surface area contributed by atoms with Gasteiger partial charge in [-0.15, -0.1) is 0 Å². The van der Waals surface area contributed by atoms with Gasteiger partial charge in [0.1, 0.15) is 16.6 Å². The highest BCUT2D eigenvalue weighted by Gasteiger charge is 1.97. The Hall–Kier alpha value is -1.08. The fourth-order valence-corrected chi connectivity index (χ4v) is 0.504. The van der Waals surface area contributed by atoms with Crippen LogP contribution in [0.4, 0.5) is 0 Å². The quantitative estimate of drug-likeness (QED) is 0.352. The number of nitriles is 1. The molecule has 0 spiro atoms. The molecule has 0 bridgehead atoms. The van der Waals surface area contributed by atoms with E-state index in [2.05, 4.69) is 12.2 Å². The van der Waals surface area contributed by atoms with Gasteiger partial charge in [-0.1, -0.05) is 12.2 Å². The summed E-state index contributed by atoms with van der Waals surface area (Å²) in [5.41, 5.74) is 5.54. The van der Waals surface area contributed by atoms with E-state index >= 15 is 0 Å². The monoisotopic (exact) mass is 155 g/mol. The number of nitrogens with two attached hydrogens (primary N) is 1. The molecule has 0 amide bonds. The molecule has 54 valence electrons. The van der Waals surface area contributed by atoms with Gasteiger partial charge < -0.3 is 10.6 Å². The fourth-order valence-electron chi connectivity index (χ4n) is 0.406. The van der Waals surface area contributed by atoms with Crippen molar-refractivity contribution in [3.05, 3.63) is 11.8 Å². The summed E-state index contributed by atoms with van der Waals surface area (Å²) in [6.45, 7) is 0. The van der Waals surface area contributed by atoms with Gasteiger partial charge in [-0.3, -0.25) is 0 Å². The highest BCUT2D eigenvalue weighted by molar-refractivity contribution is 7.80. The number of nitrogens with zero attached hydrogens (tertiary/aromatic N) is 2. The number of rotatable bonds is 2. The molecule has 10 heavy (non-hydrogen) atoms. The normalized spacial score (nSPS) is 10.3.